The fourth-order valence-corrected chi connectivity index (χ4v) is 2.65. The molecule has 0 bridgehead atoms. The van der Waals surface area contributed by atoms with E-state index in [0.29, 0.717) is 5.56 Å². The number of carbonyl (C=O) groups is 1. The van der Waals surface area contributed by atoms with Crippen LogP contribution >= 0.6 is 0 Å². The molecular formula is C15H18N2O3. The summed E-state index contributed by atoms with van der Waals surface area (Å²) >= 11 is 0. The number of hydrogen-bond donors (Lipinski definition) is 0. The number of hydroxylamine groups is 2. The normalized spacial score (nSPS) is 18.6. The number of aromatic nitrogens is 1. The summed E-state index contributed by atoms with van der Waals surface area (Å²) in [5.74, 6) is -0.152. The molecule has 5 nitrogen and oxygen atoms in total. The van der Waals surface area contributed by atoms with E-state index in [1.54, 1.807) is 7.05 Å². The zero-order valence-electron chi connectivity index (χ0n) is 11.7. The van der Waals surface area contributed by atoms with E-state index in [1.165, 1.54) is 12.2 Å². The standard InChI is InChI=1S/C15H18N2O3/c1-16(19-2)15(18)12-10-17(14-8-5-9-20-14)13-7-4-3-6-11(12)13/h3-4,6-7,10,14H,5,8-9H2,1-2H3. The number of amides is 1. The van der Waals surface area contributed by atoms with Crippen LogP contribution < -0.4 is 0 Å². The van der Waals surface area contributed by atoms with Gasteiger partial charge < -0.3 is 9.30 Å². The van der Waals surface area contributed by atoms with Gasteiger partial charge in [0.15, 0.2) is 0 Å². The van der Waals surface area contributed by atoms with Crippen LogP contribution in [0.1, 0.15) is 29.4 Å². The highest BCUT2D eigenvalue weighted by molar-refractivity contribution is 6.06. The molecule has 1 aliphatic rings. The Hall–Kier alpha value is -1.85. The first-order valence-corrected chi connectivity index (χ1v) is 6.75. The van der Waals surface area contributed by atoms with Crippen molar-refractivity contribution in [2.24, 2.45) is 0 Å². The highest BCUT2D eigenvalue weighted by Crippen LogP contribution is 2.30. The van der Waals surface area contributed by atoms with Gasteiger partial charge in [0.05, 0.1) is 18.2 Å². The van der Waals surface area contributed by atoms with E-state index in [2.05, 4.69) is 4.57 Å². The van der Waals surface area contributed by atoms with Gasteiger partial charge in [0.25, 0.3) is 5.91 Å². The number of carbonyl (C=O) groups excluding carboxylic acids is 1. The lowest BCUT2D eigenvalue weighted by molar-refractivity contribution is -0.0756. The molecule has 0 aliphatic carbocycles. The maximum Gasteiger partial charge on any atom is 0.279 e. The van der Waals surface area contributed by atoms with Crippen molar-refractivity contribution in [1.82, 2.24) is 9.63 Å². The number of rotatable bonds is 3. The Morgan fingerprint density at radius 2 is 2.25 bits per heavy atom. The van der Waals surface area contributed by atoms with Crippen molar-refractivity contribution in [3.8, 4) is 0 Å². The van der Waals surface area contributed by atoms with E-state index in [9.17, 15) is 4.79 Å². The molecule has 1 amide bonds. The average Bonchev–Trinajstić information content (AvgIpc) is 3.12. The molecule has 1 aliphatic heterocycles. The molecule has 1 atom stereocenters. The van der Waals surface area contributed by atoms with Crippen LogP contribution in [-0.2, 0) is 9.57 Å². The topological polar surface area (TPSA) is 43.7 Å². The Morgan fingerprint density at radius 3 is 2.95 bits per heavy atom. The Balaban J connectivity index is 2.11. The van der Waals surface area contributed by atoms with Crippen molar-refractivity contribution in [2.45, 2.75) is 19.1 Å². The minimum absolute atomic E-state index is 0.0225. The van der Waals surface area contributed by atoms with Gasteiger partial charge in [-0.05, 0) is 18.9 Å². The van der Waals surface area contributed by atoms with Crippen LogP contribution in [-0.4, -0.2) is 36.3 Å². The van der Waals surface area contributed by atoms with Crippen LogP contribution in [0, 0.1) is 0 Å². The van der Waals surface area contributed by atoms with Crippen LogP contribution in [0.3, 0.4) is 0 Å². The largest absolute Gasteiger partial charge is 0.358 e. The second-order valence-electron chi connectivity index (χ2n) is 4.92. The highest BCUT2D eigenvalue weighted by atomic mass is 16.7. The number of fused-ring (bicyclic) bond motifs is 1. The van der Waals surface area contributed by atoms with Gasteiger partial charge >= 0.3 is 0 Å². The van der Waals surface area contributed by atoms with Crippen molar-refractivity contribution in [3.63, 3.8) is 0 Å². The number of ether oxygens (including phenoxy) is 1. The Morgan fingerprint density at radius 1 is 1.45 bits per heavy atom. The van der Waals surface area contributed by atoms with Crippen molar-refractivity contribution in [2.75, 3.05) is 20.8 Å². The summed E-state index contributed by atoms with van der Waals surface area (Å²) in [5.41, 5.74) is 1.66. The fraction of sp³-hybridized carbons (Fsp3) is 0.400. The number of nitrogens with zero attached hydrogens (tertiary/aromatic N) is 2. The molecule has 20 heavy (non-hydrogen) atoms. The maximum atomic E-state index is 12.4. The molecule has 2 aromatic rings. The molecule has 1 aromatic carbocycles. The molecule has 5 heteroatoms. The maximum absolute atomic E-state index is 12.4. The molecule has 0 saturated carbocycles. The van der Waals surface area contributed by atoms with E-state index >= 15 is 0 Å². The predicted molar refractivity (Wildman–Crippen MR) is 75.3 cm³/mol. The molecule has 2 heterocycles. The predicted octanol–water partition coefficient (Wildman–Crippen LogP) is 2.58. The molecule has 1 saturated heterocycles. The third kappa shape index (κ3) is 2.09. The van der Waals surface area contributed by atoms with Crippen molar-refractivity contribution in [1.29, 1.82) is 0 Å². The van der Waals surface area contributed by atoms with Crippen molar-refractivity contribution < 1.29 is 14.4 Å². The van der Waals surface area contributed by atoms with Crippen molar-refractivity contribution >= 4 is 16.8 Å². The highest BCUT2D eigenvalue weighted by Gasteiger charge is 2.24. The summed E-state index contributed by atoms with van der Waals surface area (Å²) in [6.07, 6.45) is 3.93. The van der Waals surface area contributed by atoms with Gasteiger partial charge in [-0.1, -0.05) is 18.2 Å². The molecule has 0 radical (unpaired) electrons. The summed E-state index contributed by atoms with van der Waals surface area (Å²) in [4.78, 5) is 17.4. The lowest BCUT2D eigenvalue weighted by Gasteiger charge is -2.13. The first kappa shape index (κ1) is 13.1. The summed E-state index contributed by atoms with van der Waals surface area (Å²) in [5, 5.41) is 2.17. The number of hydrogen-bond acceptors (Lipinski definition) is 3. The van der Waals surface area contributed by atoms with Gasteiger partial charge in [0.1, 0.15) is 6.23 Å². The summed E-state index contributed by atoms with van der Waals surface area (Å²) in [7, 11) is 3.09. The average molecular weight is 274 g/mol. The zero-order chi connectivity index (χ0) is 14.1. The number of para-hydroxylation sites is 1. The van der Waals surface area contributed by atoms with Gasteiger partial charge in [-0.15, -0.1) is 0 Å². The second-order valence-corrected chi connectivity index (χ2v) is 4.92. The fourth-order valence-electron chi connectivity index (χ4n) is 2.65. The molecule has 106 valence electrons. The molecule has 3 rings (SSSR count). The van der Waals surface area contributed by atoms with Gasteiger partial charge in [-0.2, -0.15) is 0 Å². The van der Waals surface area contributed by atoms with Gasteiger partial charge in [0, 0.05) is 25.2 Å². The minimum atomic E-state index is -0.152. The summed E-state index contributed by atoms with van der Waals surface area (Å²) in [6.45, 7) is 0.776. The van der Waals surface area contributed by atoms with E-state index in [4.69, 9.17) is 9.57 Å². The van der Waals surface area contributed by atoms with Crippen LogP contribution in [0.25, 0.3) is 10.9 Å². The lowest BCUT2D eigenvalue weighted by atomic mass is 10.1. The van der Waals surface area contributed by atoms with Crippen LogP contribution in [0.4, 0.5) is 0 Å². The molecule has 1 fully saturated rings. The molecule has 1 aromatic heterocycles. The molecule has 0 spiro atoms. The lowest BCUT2D eigenvalue weighted by Crippen LogP contribution is -2.25. The minimum Gasteiger partial charge on any atom is -0.358 e. The van der Waals surface area contributed by atoms with Gasteiger partial charge in [-0.3, -0.25) is 9.63 Å². The summed E-state index contributed by atoms with van der Waals surface area (Å²) < 4.78 is 7.79. The first-order valence-electron chi connectivity index (χ1n) is 6.75. The Bertz CT molecular complexity index is 629. The first-order chi connectivity index (χ1) is 9.72. The molecular weight excluding hydrogens is 256 g/mol. The third-order valence-corrected chi connectivity index (χ3v) is 3.75. The van der Waals surface area contributed by atoms with Crippen molar-refractivity contribution in [3.05, 3.63) is 36.0 Å². The quantitative estimate of drug-likeness (QED) is 0.808. The van der Waals surface area contributed by atoms with Crippen LogP contribution in [0.15, 0.2) is 30.5 Å². The molecule has 0 N–H and O–H groups in total. The van der Waals surface area contributed by atoms with E-state index in [0.717, 1.165) is 30.4 Å². The molecule has 1 unspecified atom stereocenters. The van der Waals surface area contributed by atoms with Crippen LogP contribution in [0.5, 0.6) is 0 Å². The second kappa shape index (κ2) is 5.26. The van der Waals surface area contributed by atoms with E-state index in [-0.39, 0.29) is 12.1 Å². The summed E-state index contributed by atoms with van der Waals surface area (Å²) in [6, 6.07) is 7.88. The number of benzene rings is 1. The van der Waals surface area contributed by atoms with E-state index < -0.39 is 0 Å². The van der Waals surface area contributed by atoms with Gasteiger partial charge in [-0.25, -0.2) is 5.06 Å². The Kier molecular flexibility index (Phi) is 3.46. The smallest absolute Gasteiger partial charge is 0.279 e. The van der Waals surface area contributed by atoms with Crippen LogP contribution in [0.2, 0.25) is 0 Å². The monoisotopic (exact) mass is 274 g/mol. The SMILES string of the molecule is CON(C)C(=O)c1cn(C2CCCO2)c2ccccc12. The van der Waals surface area contributed by atoms with Gasteiger partial charge in [0.2, 0.25) is 0 Å². The Labute approximate surface area is 117 Å². The third-order valence-electron chi connectivity index (χ3n) is 3.75. The zero-order valence-corrected chi connectivity index (χ0v) is 11.7. The van der Waals surface area contributed by atoms with E-state index in [1.807, 2.05) is 30.5 Å².